The molecule has 0 saturated carbocycles. The number of hydrogen-bond donors (Lipinski definition) is 2. The number of nitrogens with one attached hydrogen (secondary N) is 2. The molecule has 0 aliphatic carbocycles. The predicted octanol–water partition coefficient (Wildman–Crippen LogP) is 1.10. The van der Waals surface area contributed by atoms with Crippen molar-refractivity contribution in [3.63, 3.8) is 0 Å². The Bertz CT molecular complexity index is 767. The zero-order valence-electron chi connectivity index (χ0n) is 15.5. The monoisotopic (exact) mass is 354 g/mol. The van der Waals surface area contributed by atoms with Crippen LogP contribution in [0.15, 0.2) is 42.5 Å². The lowest BCUT2D eigenvalue weighted by Gasteiger charge is -2.32. The quantitative estimate of drug-likeness (QED) is 0.763. The molecule has 0 bridgehead atoms. The first-order valence-corrected chi connectivity index (χ1v) is 9.55. The molecule has 138 valence electrons. The molecule has 2 aromatic carbocycles. The van der Waals surface area contributed by atoms with Gasteiger partial charge in [0.1, 0.15) is 0 Å². The first-order chi connectivity index (χ1) is 12.7. The Labute approximate surface area is 155 Å². The summed E-state index contributed by atoms with van der Waals surface area (Å²) in [4.78, 5) is 27.9. The van der Waals surface area contributed by atoms with Gasteiger partial charge in [-0.15, -0.1) is 0 Å². The van der Waals surface area contributed by atoms with Gasteiger partial charge in [0.05, 0.1) is 26.2 Å². The molecule has 5 nitrogen and oxygen atoms in total. The summed E-state index contributed by atoms with van der Waals surface area (Å²) in [5.41, 5.74) is 0.740. The molecule has 0 spiro atoms. The molecule has 0 aromatic heterocycles. The lowest BCUT2D eigenvalue weighted by molar-refractivity contribution is -0.896. The number of carbonyl (C=O) groups is 2. The number of quaternary nitrogens is 1. The second kappa shape index (κ2) is 8.81. The van der Waals surface area contributed by atoms with Crippen molar-refractivity contribution in [1.82, 2.24) is 10.2 Å². The normalized spacial score (nSPS) is 15.2. The maximum Gasteiger partial charge on any atom is 0.275 e. The molecule has 1 fully saturated rings. The average Bonchev–Trinajstić information content (AvgIpc) is 2.68. The van der Waals surface area contributed by atoms with Gasteiger partial charge in [-0.3, -0.25) is 9.59 Å². The summed E-state index contributed by atoms with van der Waals surface area (Å²) in [7, 11) is 0. The number of carbonyl (C=O) groups excluding carboxylic acids is 2. The van der Waals surface area contributed by atoms with Gasteiger partial charge in [0, 0.05) is 12.1 Å². The van der Waals surface area contributed by atoms with Crippen LogP contribution < -0.4 is 10.2 Å². The highest BCUT2D eigenvalue weighted by Crippen LogP contribution is 2.17. The number of hydrogen-bond acceptors (Lipinski definition) is 2. The molecule has 1 saturated heterocycles. The van der Waals surface area contributed by atoms with Crippen molar-refractivity contribution >= 4 is 22.6 Å². The number of unbranched alkanes of at least 4 members (excludes halogenated alkanes) is 1. The van der Waals surface area contributed by atoms with Crippen LogP contribution in [0.3, 0.4) is 0 Å². The number of rotatable bonds is 6. The Hall–Kier alpha value is -2.40. The van der Waals surface area contributed by atoms with E-state index in [2.05, 4.69) is 18.3 Å². The molecule has 2 amide bonds. The fourth-order valence-electron chi connectivity index (χ4n) is 3.40. The lowest BCUT2D eigenvalue weighted by Crippen LogP contribution is -3.15. The molecule has 0 unspecified atom stereocenters. The van der Waals surface area contributed by atoms with Crippen LogP contribution in [0.1, 0.15) is 30.1 Å². The van der Waals surface area contributed by atoms with Gasteiger partial charge in [0.15, 0.2) is 6.54 Å². The summed E-state index contributed by atoms with van der Waals surface area (Å²) in [6.07, 6.45) is 2.11. The predicted molar refractivity (Wildman–Crippen MR) is 103 cm³/mol. The van der Waals surface area contributed by atoms with Crippen LogP contribution in [0.4, 0.5) is 0 Å². The van der Waals surface area contributed by atoms with E-state index in [1.54, 1.807) is 0 Å². The van der Waals surface area contributed by atoms with E-state index in [0.717, 1.165) is 48.8 Å². The van der Waals surface area contributed by atoms with Crippen LogP contribution >= 0.6 is 0 Å². The highest BCUT2D eigenvalue weighted by Gasteiger charge is 2.25. The van der Waals surface area contributed by atoms with Gasteiger partial charge < -0.3 is 15.1 Å². The summed E-state index contributed by atoms with van der Waals surface area (Å²) >= 11 is 0. The molecule has 1 aliphatic rings. The largest absolute Gasteiger partial charge is 0.351 e. The van der Waals surface area contributed by atoms with Gasteiger partial charge in [-0.2, -0.15) is 0 Å². The fraction of sp³-hybridized carbons (Fsp3) is 0.429. The molecule has 5 heteroatoms. The third kappa shape index (κ3) is 4.61. The summed E-state index contributed by atoms with van der Waals surface area (Å²) in [5.74, 6) is 0.199. The van der Waals surface area contributed by atoms with Gasteiger partial charge in [0.25, 0.3) is 11.8 Å². The minimum atomic E-state index is 0.0854. The molecular weight excluding hydrogens is 326 g/mol. The van der Waals surface area contributed by atoms with Crippen molar-refractivity contribution in [2.45, 2.75) is 19.8 Å². The van der Waals surface area contributed by atoms with E-state index in [9.17, 15) is 9.59 Å². The minimum absolute atomic E-state index is 0.0854. The van der Waals surface area contributed by atoms with Crippen molar-refractivity contribution in [1.29, 1.82) is 0 Å². The third-order valence-corrected chi connectivity index (χ3v) is 5.02. The summed E-state index contributed by atoms with van der Waals surface area (Å²) in [6, 6.07) is 14.0. The highest BCUT2D eigenvalue weighted by atomic mass is 16.2. The molecule has 2 aromatic rings. The number of benzene rings is 2. The second-order valence-corrected chi connectivity index (χ2v) is 6.98. The van der Waals surface area contributed by atoms with E-state index in [-0.39, 0.29) is 11.8 Å². The van der Waals surface area contributed by atoms with E-state index in [1.807, 2.05) is 41.3 Å². The van der Waals surface area contributed by atoms with Crippen molar-refractivity contribution < 1.29 is 14.5 Å². The van der Waals surface area contributed by atoms with Crippen LogP contribution in [-0.2, 0) is 4.79 Å². The Balaban J connectivity index is 1.52. The fourth-order valence-corrected chi connectivity index (χ4v) is 3.40. The van der Waals surface area contributed by atoms with Crippen LogP contribution in [0, 0.1) is 0 Å². The van der Waals surface area contributed by atoms with E-state index >= 15 is 0 Å². The molecule has 1 heterocycles. The van der Waals surface area contributed by atoms with Crippen molar-refractivity contribution in [3.8, 4) is 0 Å². The SMILES string of the molecule is CCCCNC(=O)C[NH+]1CCN(C(=O)c2ccc3ccccc3c2)CC1. The second-order valence-electron chi connectivity index (χ2n) is 6.98. The maximum atomic E-state index is 12.8. The average molecular weight is 354 g/mol. The van der Waals surface area contributed by atoms with Crippen LogP contribution in [0.5, 0.6) is 0 Å². The number of piperazine rings is 1. The Morgan fingerprint density at radius 3 is 2.54 bits per heavy atom. The highest BCUT2D eigenvalue weighted by molar-refractivity contribution is 5.98. The smallest absolute Gasteiger partial charge is 0.275 e. The zero-order chi connectivity index (χ0) is 18.4. The third-order valence-electron chi connectivity index (χ3n) is 5.02. The van der Waals surface area contributed by atoms with Gasteiger partial charge in [-0.05, 0) is 29.3 Å². The number of amides is 2. The Kier molecular flexibility index (Phi) is 6.23. The number of fused-ring (bicyclic) bond motifs is 1. The molecule has 26 heavy (non-hydrogen) atoms. The van der Waals surface area contributed by atoms with Gasteiger partial charge >= 0.3 is 0 Å². The summed E-state index contributed by atoms with van der Waals surface area (Å²) in [5, 5.41) is 5.20. The van der Waals surface area contributed by atoms with Crippen molar-refractivity contribution in [3.05, 3.63) is 48.0 Å². The van der Waals surface area contributed by atoms with Crippen LogP contribution in [0.25, 0.3) is 10.8 Å². The van der Waals surface area contributed by atoms with Crippen molar-refractivity contribution in [2.24, 2.45) is 0 Å². The lowest BCUT2D eigenvalue weighted by atomic mass is 10.1. The molecule has 0 radical (unpaired) electrons. The zero-order valence-corrected chi connectivity index (χ0v) is 15.5. The summed E-state index contributed by atoms with van der Waals surface area (Å²) in [6.45, 7) is 6.41. The van der Waals surface area contributed by atoms with Crippen LogP contribution in [-0.4, -0.2) is 56.0 Å². The molecule has 2 N–H and O–H groups in total. The first kappa shape index (κ1) is 18.4. The van der Waals surface area contributed by atoms with E-state index in [4.69, 9.17) is 0 Å². The van der Waals surface area contributed by atoms with E-state index in [0.29, 0.717) is 19.6 Å². The topological polar surface area (TPSA) is 53.9 Å². The first-order valence-electron chi connectivity index (χ1n) is 9.55. The number of nitrogens with zero attached hydrogens (tertiary/aromatic N) is 1. The standard InChI is InChI=1S/C21H27N3O2/c1-2-3-10-22-20(25)16-23-11-13-24(14-12-23)21(26)19-9-8-17-6-4-5-7-18(17)15-19/h4-9,15H,2-3,10-14,16H2,1H3,(H,22,25)/p+1. The molecule has 0 atom stereocenters. The molecule has 1 aliphatic heterocycles. The summed E-state index contributed by atoms with van der Waals surface area (Å²) < 4.78 is 0. The molecule has 3 rings (SSSR count). The van der Waals surface area contributed by atoms with E-state index < -0.39 is 0 Å². The maximum absolute atomic E-state index is 12.8. The van der Waals surface area contributed by atoms with Gasteiger partial charge in [-0.25, -0.2) is 0 Å². The molecular formula is C21H28N3O2+. The van der Waals surface area contributed by atoms with E-state index in [1.165, 1.54) is 4.90 Å². The van der Waals surface area contributed by atoms with Crippen LogP contribution in [0.2, 0.25) is 0 Å². The van der Waals surface area contributed by atoms with Gasteiger partial charge in [0.2, 0.25) is 0 Å². The minimum Gasteiger partial charge on any atom is -0.351 e. The Morgan fingerprint density at radius 1 is 1.08 bits per heavy atom. The van der Waals surface area contributed by atoms with Gasteiger partial charge in [-0.1, -0.05) is 43.7 Å². The Morgan fingerprint density at radius 2 is 1.81 bits per heavy atom. The van der Waals surface area contributed by atoms with Crippen molar-refractivity contribution in [2.75, 3.05) is 39.3 Å².